The van der Waals surface area contributed by atoms with Gasteiger partial charge in [-0.3, -0.25) is 0 Å². The second kappa shape index (κ2) is 8.27. The van der Waals surface area contributed by atoms with Crippen LogP contribution in [0.5, 0.6) is 11.5 Å². The monoisotopic (exact) mass is 353 g/mol. The number of para-hydroxylation sites is 1. The molecule has 0 fully saturated rings. The van der Waals surface area contributed by atoms with E-state index in [1.54, 1.807) is 0 Å². The Bertz CT molecular complexity index is 716. The van der Waals surface area contributed by atoms with Crippen molar-refractivity contribution in [3.05, 3.63) is 54.1 Å². The molecule has 0 aliphatic heterocycles. The maximum atomic E-state index is 12.1. The number of alkyl halides is 3. The normalized spacial score (nSPS) is 11.9. The second-order valence-electron chi connectivity index (χ2n) is 5.08. The molecule has 25 heavy (non-hydrogen) atoms. The van der Waals surface area contributed by atoms with Gasteiger partial charge in [-0.05, 0) is 42.8 Å². The Kier molecular flexibility index (Phi) is 6.10. The summed E-state index contributed by atoms with van der Waals surface area (Å²) in [4.78, 5) is 4.09. The van der Waals surface area contributed by atoms with E-state index < -0.39 is 6.36 Å². The second-order valence-corrected chi connectivity index (χ2v) is 5.08. The number of nitrogens with one attached hydrogen (secondary N) is 1. The fourth-order valence-corrected chi connectivity index (χ4v) is 1.97. The molecule has 3 N–H and O–H groups in total. The summed E-state index contributed by atoms with van der Waals surface area (Å²) in [5.41, 5.74) is 7.25. The molecule has 0 saturated carbocycles. The molecule has 8 heteroatoms. The van der Waals surface area contributed by atoms with Gasteiger partial charge >= 0.3 is 6.36 Å². The van der Waals surface area contributed by atoms with Crippen molar-refractivity contribution in [2.24, 2.45) is 10.7 Å². The predicted molar refractivity (Wildman–Crippen MR) is 89.9 cm³/mol. The highest BCUT2D eigenvalue weighted by Gasteiger charge is 2.30. The highest BCUT2D eigenvalue weighted by Crippen LogP contribution is 2.23. The number of rotatable bonds is 6. The van der Waals surface area contributed by atoms with Crippen LogP contribution in [0.1, 0.15) is 5.56 Å². The summed E-state index contributed by atoms with van der Waals surface area (Å²) in [6, 6.07) is 12.8. The number of benzene rings is 2. The zero-order chi connectivity index (χ0) is 18.3. The Balaban J connectivity index is 1.80. The quantitative estimate of drug-likeness (QED) is 0.472. The van der Waals surface area contributed by atoms with Crippen LogP contribution in [-0.2, 0) is 0 Å². The predicted octanol–water partition coefficient (Wildman–Crippen LogP) is 3.70. The van der Waals surface area contributed by atoms with E-state index in [0.29, 0.717) is 18.8 Å². The Morgan fingerprint density at radius 3 is 2.44 bits per heavy atom. The third-order valence-electron chi connectivity index (χ3n) is 3.08. The maximum Gasteiger partial charge on any atom is 0.573 e. The van der Waals surface area contributed by atoms with Gasteiger partial charge in [0.1, 0.15) is 18.1 Å². The molecule has 0 heterocycles. The van der Waals surface area contributed by atoms with Gasteiger partial charge in [0.15, 0.2) is 5.96 Å². The molecule has 0 atom stereocenters. The minimum atomic E-state index is -4.72. The zero-order valence-electron chi connectivity index (χ0n) is 13.5. The van der Waals surface area contributed by atoms with E-state index in [9.17, 15) is 13.2 Å². The van der Waals surface area contributed by atoms with E-state index in [1.807, 2.05) is 31.2 Å². The molecule has 2 aromatic carbocycles. The van der Waals surface area contributed by atoms with E-state index in [4.69, 9.17) is 10.5 Å². The van der Waals surface area contributed by atoms with E-state index in [2.05, 4.69) is 15.0 Å². The van der Waals surface area contributed by atoms with Gasteiger partial charge in [0.05, 0.1) is 6.54 Å². The molecule has 0 spiro atoms. The van der Waals surface area contributed by atoms with Crippen molar-refractivity contribution >= 4 is 11.6 Å². The molecular formula is C17H18F3N3O2. The number of halogens is 3. The van der Waals surface area contributed by atoms with Crippen molar-refractivity contribution in [3.63, 3.8) is 0 Å². The van der Waals surface area contributed by atoms with Gasteiger partial charge < -0.3 is 20.5 Å². The summed E-state index contributed by atoms with van der Waals surface area (Å²) < 4.78 is 45.6. The fourth-order valence-electron chi connectivity index (χ4n) is 1.97. The zero-order valence-corrected chi connectivity index (χ0v) is 13.5. The van der Waals surface area contributed by atoms with Crippen molar-refractivity contribution in [1.82, 2.24) is 0 Å². The molecule has 2 rings (SSSR count). The van der Waals surface area contributed by atoms with Crippen molar-refractivity contribution in [2.45, 2.75) is 13.3 Å². The molecular weight excluding hydrogens is 335 g/mol. The van der Waals surface area contributed by atoms with Gasteiger partial charge in [-0.2, -0.15) is 0 Å². The van der Waals surface area contributed by atoms with Crippen molar-refractivity contribution < 1.29 is 22.6 Å². The molecule has 2 aromatic rings. The summed E-state index contributed by atoms with van der Waals surface area (Å²) in [7, 11) is 0. The number of nitrogens with two attached hydrogens (primary N) is 1. The van der Waals surface area contributed by atoms with Crippen LogP contribution < -0.4 is 20.5 Å². The minimum Gasteiger partial charge on any atom is -0.491 e. The van der Waals surface area contributed by atoms with Gasteiger partial charge in [0.25, 0.3) is 0 Å². The molecule has 5 nitrogen and oxygen atoms in total. The van der Waals surface area contributed by atoms with Crippen LogP contribution in [-0.4, -0.2) is 25.5 Å². The van der Waals surface area contributed by atoms with E-state index in [1.165, 1.54) is 24.3 Å². The molecule has 0 amide bonds. The number of anilines is 1. The van der Waals surface area contributed by atoms with E-state index in [-0.39, 0.29) is 11.7 Å². The number of nitrogens with zero attached hydrogens (tertiary/aromatic N) is 1. The largest absolute Gasteiger partial charge is 0.573 e. The first-order valence-electron chi connectivity index (χ1n) is 7.45. The average Bonchev–Trinajstić information content (AvgIpc) is 2.54. The third kappa shape index (κ3) is 6.62. The number of aryl methyl sites for hydroxylation is 1. The highest BCUT2D eigenvalue weighted by molar-refractivity contribution is 5.92. The summed E-state index contributed by atoms with van der Waals surface area (Å²) in [6.07, 6.45) is -4.72. The number of aliphatic imine (C=N–C) groups is 1. The molecule has 0 radical (unpaired) electrons. The van der Waals surface area contributed by atoms with Crippen molar-refractivity contribution in [1.29, 1.82) is 0 Å². The smallest absolute Gasteiger partial charge is 0.491 e. The first kappa shape index (κ1) is 18.4. The van der Waals surface area contributed by atoms with Gasteiger partial charge in [-0.1, -0.05) is 18.2 Å². The Morgan fingerprint density at radius 1 is 1.12 bits per heavy atom. The van der Waals surface area contributed by atoms with Gasteiger partial charge in [-0.25, -0.2) is 4.99 Å². The summed E-state index contributed by atoms with van der Waals surface area (Å²) in [5.74, 6) is 0.613. The van der Waals surface area contributed by atoms with Crippen LogP contribution in [0, 0.1) is 6.92 Å². The topological polar surface area (TPSA) is 68.9 Å². The third-order valence-corrected chi connectivity index (χ3v) is 3.08. The van der Waals surface area contributed by atoms with Crippen LogP contribution in [0.15, 0.2) is 53.5 Å². The molecule has 0 aliphatic carbocycles. The molecule has 0 aliphatic rings. The molecule has 0 unspecified atom stereocenters. The lowest BCUT2D eigenvalue weighted by Crippen LogP contribution is -2.23. The fraction of sp³-hybridized carbons (Fsp3) is 0.235. The van der Waals surface area contributed by atoms with Gasteiger partial charge in [-0.15, -0.1) is 13.2 Å². The van der Waals surface area contributed by atoms with Crippen LogP contribution in [0.2, 0.25) is 0 Å². The van der Waals surface area contributed by atoms with Gasteiger partial charge in [0.2, 0.25) is 0 Å². The maximum absolute atomic E-state index is 12.1. The SMILES string of the molecule is Cc1ccccc1OCCN=C(N)Nc1ccc(OC(F)(F)F)cc1. The van der Waals surface area contributed by atoms with E-state index in [0.717, 1.165) is 11.3 Å². The number of ether oxygens (including phenoxy) is 2. The van der Waals surface area contributed by atoms with Crippen molar-refractivity contribution in [3.8, 4) is 11.5 Å². The summed E-state index contributed by atoms with van der Waals surface area (Å²) in [5, 5.41) is 2.78. The first-order valence-corrected chi connectivity index (χ1v) is 7.45. The molecule has 134 valence electrons. The lowest BCUT2D eigenvalue weighted by molar-refractivity contribution is -0.274. The van der Waals surface area contributed by atoms with Crippen LogP contribution >= 0.6 is 0 Å². The van der Waals surface area contributed by atoms with Crippen LogP contribution in [0.3, 0.4) is 0 Å². The number of hydrogen-bond acceptors (Lipinski definition) is 3. The van der Waals surface area contributed by atoms with Gasteiger partial charge in [0, 0.05) is 5.69 Å². The minimum absolute atomic E-state index is 0.137. The Labute approximate surface area is 143 Å². The molecule has 0 bridgehead atoms. The lowest BCUT2D eigenvalue weighted by Gasteiger charge is -2.10. The van der Waals surface area contributed by atoms with Crippen LogP contribution in [0.25, 0.3) is 0 Å². The Morgan fingerprint density at radius 2 is 1.80 bits per heavy atom. The van der Waals surface area contributed by atoms with Crippen LogP contribution in [0.4, 0.5) is 18.9 Å². The highest BCUT2D eigenvalue weighted by atomic mass is 19.4. The standard InChI is InChI=1S/C17H18F3N3O2/c1-12-4-2-3-5-15(12)24-11-10-22-16(21)23-13-6-8-14(9-7-13)25-17(18,19)20/h2-9H,10-11H2,1H3,(H3,21,22,23). The summed E-state index contributed by atoms with van der Waals surface area (Å²) in [6.45, 7) is 2.63. The lowest BCUT2D eigenvalue weighted by atomic mass is 10.2. The molecule has 0 saturated heterocycles. The number of guanidine groups is 1. The number of hydrogen-bond donors (Lipinski definition) is 2. The summed E-state index contributed by atoms with van der Waals surface area (Å²) >= 11 is 0. The average molecular weight is 353 g/mol. The Hall–Kier alpha value is -2.90. The molecule has 0 aromatic heterocycles. The first-order chi connectivity index (χ1) is 11.8. The van der Waals surface area contributed by atoms with E-state index >= 15 is 0 Å². The van der Waals surface area contributed by atoms with Crippen molar-refractivity contribution in [2.75, 3.05) is 18.5 Å².